The van der Waals surface area contributed by atoms with E-state index >= 15 is 0 Å². The van der Waals surface area contributed by atoms with Gasteiger partial charge in [-0.3, -0.25) is 4.79 Å². The zero-order valence-corrected chi connectivity index (χ0v) is 16.0. The number of carbonyl (C=O) groups is 1. The summed E-state index contributed by atoms with van der Waals surface area (Å²) in [6.07, 6.45) is 2.62. The maximum Gasteiger partial charge on any atom is 0.256 e. The topological polar surface area (TPSA) is 69.6 Å². The van der Waals surface area contributed by atoms with E-state index in [1.165, 1.54) is 12.1 Å². The second-order valence-electron chi connectivity index (χ2n) is 7.59. The molecular weight excluding hydrogens is 381 g/mol. The van der Waals surface area contributed by atoms with Gasteiger partial charge in [0, 0.05) is 17.2 Å². The standard InChI is InChI=1S/C22H21ClFNO3/c23-18-6-3-15(14-1-4-16(24)5-2-14)11-17(18)19-20(27)22(25-21(19)28)9-7-13(12-26)8-10-22/h1-6,11,13,26-27H,7-10,12H2,(H,25,28)/t13-,22+. The van der Waals surface area contributed by atoms with E-state index < -0.39 is 5.54 Å². The normalized spacial score (nSPS) is 24.7. The Morgan fingerprint density at radius 2 is 1.75 bits per heavy atom. The van der Waals surface area contributed by atoms with E-state index in [2.05, 4.69) is 5.32 Å². The predicted octanol–water partition coefficient (Wildman–Crippen LogP) is 4.47. The molecule has 28 heavy (non-hydrogen) atoms. The van der Waals surface area contributed by atoms with Crippen molar-refractivity contribution in [2.45, 2.75) is 31.2 Å². The molecule has 4 rings (SSSR count). The molecule has 0 aromatic heterocycles. The third-order valence-corrected chi connectivity index (χ3v) is 6.23. The van der Waals surface area contributed by atoms with E-state index in [4.69, 9.17) is 11.6 Å². The van der Waals surface area contributed by atoms with Gasteiger partial charge >= 0.3 is 0 Å². The molecule has 1 fully saturated rings. The molecule has 0 atom stereocenters. The van der Waals surface area contributed by atoms with Crippen molar-refractivity contribution in [2.24, 2.45) is 5.92 Å². The van der Waals surface area contributed by atoms with E-state index in [1.54, 1.807) is 30.3 Å². The number of nitrogens with one attached hydrogen (secondary N) is 1. The molecule has 1 heterocycles. The van der Waals surface area contributed by atoms with Crippen molar-refractivity contribution >= 4 is 23.1 Å². The maximum absolute atomic E-state index is 13.2. The molecule has 2 aromatic rings. The predicted molar refractivity (Wildman–Crippen MR) is 106 cm³/mol. The molecule has 0 radical (unpaired) electrons. The average molecular weight is 402 g/mol. The van der Waals surface area contributed by atoms with Gasteiger partial charge in [-0.2, -0.15) is 0 Å². The Bertz CT molecular complexity index is 947. The maximum atomic E-state index is 13.2. The minimum atomic E-state index is -0.784. The van der Waals surface area contributed by atoms with Gasteiger partial charge in [-0.05, 0) is 67.0 Å². The number of hydrogen-bond donors (Lipinski definition) is 3. The molecule has 146 valence electrons. The van der Waals surface area contributed by atoms with Crippen molar-refractivity contribution in [1.29, 1.82) is 0 Å². The summed E-state index contributed by atoms with van der Waals surface area (Å²) in [7, 11) is 0. The Kier molecular flexibility index (Phi) is 4.89. The van der Waals surface area contributed by atoms with E-state index in [9.17, 15) is 19.4 Å². The second kappa shape index (κ2) is 7.22. The van der Waals surface area contributed by atoms with Gasteiger partial charge in [0.2, 0.25) is 0 Å². The highest BCUT2D eigenvalue weighted by molar-refractivity contribution is 6.35. The summed E-state index contributed by atoms with van der Waals surface area (Å²) in [5.74, 6) is -0.455. The van der Waals surface area contributed by atoms with Gasteiger partial charge < -0.3 is 15.5 Å². The molecule has 2 aromatic carbocycles. The van der Waals surface area contributed by atoms with Gasteiger partial charge in [-0.1, -0.05) is 29.8 Å². The number of aliphatic hydroxyl groups excluding tert-OH is 2. The number of aliphatic hydroxyl groups is 2. The third-order valence-electron chi connectivity index (χ3n) is 5.90. The molecule has 3 N–H and O–H groups in total. The highest BCUT2D eigenvalue weighted by Crippen LogP contribution is 2.44. The Labute approximate surface area is 167 Å². The largest absolute Gasteiger partial charge is 0.509 e. The van der Waals surface area contributed by atoms with Crippen LogP contribution in [0.25, 0.3) is 16.7 Å². The number of amides is 1. The SMILES string of the molecule is O=C1N[C@]2(CC[C@@H](CO)CC2)C(O)=C1c1cc(-c2ccc(F)cc2)ccc1Cl. The van der Waals surface area contributed by atoms with Crippen LogP contribution in [0, 0.1) is 11.7 Å². The van der Waals surface area contributed by atoms with Crippen LogP contribution in [-0.4, -0.2) is 28.3 Å². The zero-order valence-electron chi connectivity index (χ0n) is 15.2. The van der Waals surface area contributed by atoms with Crippen molar-refractivity contribution < 1.29 is 19.4 Å². The smallest absolute Gasteiger partial charge is 0.256 e. The Morgan fingerprint density at radius 1 is 1.11 bits per heavy atom. The first-order valence-corrected chi connectivity index (χ1v) is 9.74. The third kappa shape index (κ3) is 3.19. The molecule has 2 aliphatic rings. The number of halogens is 2. The van der Waals surface area contributed by atoms with Gasteiger partial charge in [0.05, 0.1) is 11.1 Å². The van der Waals surface area contributed by atoms with Crippen LogP contribution in [0.5, 0.6) is 0 Å². The molecule has 1 aliphatic heterocycles. The van der Waals surface area contributed by atoms with Crippen LogP contribution < -0.4 is 5.32 Å². The number of benzene rings is 2. The Morgan fingerprint density at radius 3 is 2.39 bits per heavy atom. The molecule has 0 bridgehead atoms. The van der Waals surface area contributed by atoms with Crippen molar-refractivity contribution in [3.63, 3.8) is 0 Å². The fourth-order valence-corrected chi connectivity index (χ4v) is 4.40. The van der Waals surface area contributed by atoms with E-state index in [-0.39, 0.29) is 35.6 Å². The van der Waals surface area contributed by atoms with Crippen molar-refractivity contribution in [1.82, 2.24) is 5.32 Å². The summed E-state index contributed by atoms with van der Waals surface area (Å²) in [5.41, 5.74) is 1.43. The minimum Gasteiger partial charge on any atom is -0.509 e. The number of hydrogen-bond acceptors (Lipinski definition) is 3. The Balaban J connectivity index is 1.74. The second-order valence-corrected chi connectivity index (χ2v) is 7.99. The molecule has 0 unspecified atom stereocenters. The highest BCUT2D eigenvalue weighted by Gasteiger charge is 2.48. The summed E-state index contributed by atoms with van der Waals surface area (Å²) < 4.78 is 13.2. The lowest BCUT2D eigenvalue weighted by Crippen LogP contribution is -2.47. The Hall–Kier alpha value is -2.37. The van der Waals surface area contributed by atoms with Crippen LogP contribution in [0.3, 0.4) is 0 Å². The molecule has 6 heteroatoms. The first kappa shape index (κ1) is 19.0. The van der Waals surface area contributed by atoms with Crippen LogP contribution >= 0.6 is 11.6 Å². The van der Waals surface area contributed by atoms with Crippen molar-refractivity contribution in [2.75, 3.05) is 6.61 Å². The molecule has 0 saturated heterocycles. The van der Waals surface area contributed by atoms with Crippen LogP contribution in [-0.2, 0) is 4.79 Å². The van der Waals surface area contributed by atoms with Gasteiger partial charge in [-0.25, -0.2) is 4.39 Å². The summed E-state index contributed by atoms with van der Waals surface area (Å²) in [6.45, 7) is 0.118. The van der Waals surface area contributed by atoms with Gasteiger partial charge in [0.15, 0.2) is 0 Å². The van der Waals surface area contributed by atoms with Crippen LogP contribution in [0.4, 0.5) is 4.39 Å². The highest BCUT2D eigenvalue weighted by atomic mass is 35.5. The number of carbonyl (C=O) groups excluding carboxylic acids is 1. The fourth-order valence-electron chi connectivity index (χ4n) is 4.19. The lowest BCUT2D eigenvalue weighted by Gasteiger charge is -2.36. The van der Waals surface area contributed by atoms with Gasteiger partial charge in [0.25, 0.3) is 5.91 Å². The van der Waals surface area contributed by atoms with Gasteiger partial charge in [0.1, 0.15) is 11.6 Å². The van der Waals surface area contributed by atoms with Crippen LogP contribution in [0.1, 0.15) is 31.2 Å². The molecule has 1 saturated carbocycles. The van der Waals surface area contributed by atoms with E-state index in [0.29, 0.717) is 23.4 Å². The lowest BCUT2D eigenvalue weighted by atomic mass is 9.76. The monoisotopic (exact) mass is 401 g/mol. The lowest BCUT2D eigenvalue weighted by molar-refractivity contribution is -0.116. The molecule has 1 aliphatic carbocycles. The van der Waals surface area contributed by atoms with Crippen molar-refractivity contribution in [3.05, 3.63) is 64.6 Å². The average Bonchev–Trinajstić information content (AvgIpc) is 2.93. The van der Waals surface area contributed by atoms with Gasteiger partial charge in [-0.15, -0.1) is 0 Å². The minimum absolute atomic E-state index is 0.0204. The summed E-state index contributed by atoms with van der Waals surface area (Å²) >= 11 is 6.37. The quantitative estimate of drug-likeness (QED) is 0.710. The summed E-state index contributed by atoms with van der Waals surface area (Å²) in [5, 5.41) is 23.7. The van der Waals surface area contributed by atoms with Crippen LogP contribution in [0.15, 0.2) is 48.2 Å². The first-order valence-electron chi connectivity index (χ1n) is 9.36. The van der Waals surface area contributed by atoms with Crippen molar-refractivity contribution in [3.8, 4) is 11.1 Å². The molecule has 4 nitrogen and oxygen atoms in total. The molecule has 1 amide bonds. The summed E-state index contributed by atoms with van der Waals surface area (Å²) in [4.78, 5) is 12.8. The van der Waals surface area contributed by atoms with E-state index in [0.717, 1.165) is 24.0 Å². The van der Waals surface area contributed by atoms with Crippen LogP contribution in [0.2, 0.25) is 5.02 Å². The zero-order chi connectivity index (χ0) is 19.9. The summed E-state index contributed by atoms with van der Waals surface area (Å²) in [6, 6.07) is 11.3. The number of rotatable bonds is 3. The fraction of sp³-hybridized carbons (Fsp3) is 0.318. The molecule has 1 spiro atoms. The first-order chi connectivity index (χ1) is 13.4. The molecular formula is C22H21ClFNO3. The van der Waals surface area contributed by atoms with E-state index in [1.807, 2.05) is 0 Å².